The van der Waals surface area contributed by atoms with Gasteiger partial charge in [-0.2, -0.15) is 0 Å². The van der Waals surface area contributed by atoms with E-state index in [1.54, 1.807) is 14.2 Å². The van der Waals surface area contributed by atoms with E-state index < -0.39 is 0 Å². The average Bonchev–Trinajstić information content (AvgIpc) is 2.92. The fourth-order valence-electron chi connectivity index (χ4n) is 3.02. The van der Waals surface area contributed by atoms with Gasteiger partial charge in [0.1, 0.15) is 0 Å². The molecule has 1 aliphatic heterocycles. The zero-order valence-electron chi connectivity index (χ0n) is 12.6. The van der Waals surface area contributed by atoms with Crippen molar-refractivity contribution < 1.29 is 9.47 Å². The number of methoxy groups -OCH3 is 2. The van der Waals surface area contributed by atoms with Crippen LogP contribution in [0.1, 0.15) is 24.8 Å². The van der Waals surface area contributed by atoms with Gasteiger partial charge in [-0.25, -0.2) is 0 Å². The van der Waals surface area contributed by atoms with Crippen LogP contribution in [-0.2, 0) is 6.42 Å². The second-order valence-electron chi connectivity index (χ2n) is 5.35. The zero-order valence-corrected chi connectivity index (χ0v) is 12.6. The molecule has 4 nitrogen and oxygen atoms in total. The maximum absolute atomic E-state index is 5.69. The van der Waals surface area contributed by atoms with Crippen molar-refractivity contribution in [1.82, 2.24) is 4.90 Å². The minimum Gasteiger partial charge on any atom is -0.493 e. The summed E-state index contributed by atoms with van der Waals surface area (Å²) < 4.78 is 10.6. The maximum atomic E-state index is 5.69. The number of likely N-dealkylation sites (tertiary alicyclic amines) is 1. The van der Waals surface area contributed by atoms with E-state index in [1.165, 1.54) is 24.9 Å². The largest absolute Gasteiger partial charge is 0.493 e. The second kappa shape index (κ2) is 7.50. The van der Waals surface area contributed by atoms with Crippen LogP contribution in [0.15, 0.2) is 18.2 Å². The monoisotopic (exact) mass is 278 g/mol. The van der Waals surface area contributed by atoms with Crippen LogP contribution < -0.4 is 15.2 Å². The predicted molar refractivity (Wildman–Crippen MR) is 81.5 cm³/mol. The lowest BCUT2D eigenvalue weighted by molar-refractivity contribution is 0.248. The molecule has 1 aromatic carbocycles. The minimum atomic E-state index is 0.681. The molecule has 0 saturated carbocycles. The van der Waals surface area contributed by atoms with E-state index in [0.717, 1.165) is 37.4 Å². The molecule has 0 radical (unpaired) electrons. The Labute approximate surface area is 121 Å². The van der Waals surface area contributed by atoms with Crippen molar-refractivity contribution in [2.45, 2.75) is 31.7 Å². The molecule has 0 aromatic heterocycles. The fraction of sp³-hybridized carbons (Fsp3) is 0.625. The summed E-state index contributed by atoms with van der Waals surface area (Å²) in [5.74, 6) is 1.60. The first-order chi connectivity index (χ1) is 9.78. The molecule has 0 bridgehead atoms. The molecule has 20 heavy (non-hydrogen) atoms. The molecule has 0 spiro atoms. The maximum Gasteiger partial charge on any atom is 0.160 e. The quantitative estimate of drug-likeness (QED) is 0.829. The standard InChI is InChI=1S/C16H26N2O2/c1-19-15-6-5-13(12-16(15)20-2)8-11-18-10-3-4-14(18)7-9-17/h5-6,12,14H,3-4,7-11,17H2,1-2H3/t14-/m0/s1. The van der Waals surface area contributed by atoms with E-state index in [1.807, 2.05) is 6.07 Å². The minimum absolute atomic E-state index is 0.681. The van der Waals surface area contributed by atoms with Gasteiger partial charge in [0.25, 0.3) is 0 Å². The third-order valence-electron chi connectivity index (χ3n) is 4.13. The van der Waals surface area contributed by atoms with Crippen LogP contribution in [-0.4, -0.2) is 44.8 Å². The van der Waals surface area contributed by atoms with Crippen LogP contribution in [0.5, 0.6) is 11.5 Å². The van der Waals surface area contributed by atoms with Crippen LogP contribution >= 0.6 is 0 Å². The Bertz CT molecular complexity index is 423. The summed E-state index contributed by atoms with van der Waals surface area (Å²) in [6.45, 7) is 3.09. The summed E-state index contributed by atoms with van der Waals surface area (Å²) in [6.07, 6.45) is 4.76. The van der Waals surface area contributed by atoms with Gasteiger partial charge in [0.05, 0.1) is 14.2 Å². The molecule has 1 aromatic rings. The number of rotatable bonds is 7. The molecule has 1 heterocycles. The molecular formula is C16H26N2O2. The molecule has 2 N–H and O–H groups in total. The van der Waals surface area contributed by atoms with E-state index >= 15 is 0 Å². The van der Waals surface area contributed by atoms with E-state index in [0.29, 0.717) is 6.04 Å². The summed E-state index contributed by atoms with van der Waals surface area (Å²) in [5.41, 5.74) is 6.98. The van der Waals surface area contributed by atoms with E-state index in [2.05, 4.69) is 17.0 Å². The topological polar surface area (TPSA) is 47.7 Å². The Kier molecular flexibility index (Phi) is 5.68. The predicted octanol–water partition coefficient (Wildman–Crippen LogP) is 2.06. The van der Waals surface area contributed by atoms with Gasteiger partial charge in [0.15, 0.2) is 11.5 Å². The Morgan fingerprint density at radius 1 is 1.25 bits per heavy atom. The Morgan fingerprint density at radius 3 is 2.75 bits per heavy atom. The van der Waals surface area contributed by atoms with E-state index in [-0.39, 0.29) is 0 Å². The molecule has 0 amide bonds. The average molecular weight is 278 g/mol. The SMILES string of the molecule is COc1ccc(CCN2CCC[C@H]2CCN)cc1OC. The normalized spacial score (nSPS) is 19.2. The number of ether oxygens (including phenoxy) is 2. The van der Waals surface area contributed by atoms with Crippen LogP contribution in [0.25, 0.3) is 0 Å². The third kappa shape index (κ3) is 3.64. The molecule has 1 saturated heterocycles. The number of nitrogens with two attached hydrogens (primary N) is 1. The lowest BCUT2D eigenvalue weighted by Crippen LogP contribution is -2.32. The van der Waals surface area contributed by atoms with Gasteiger partial charge in [-0.05, 0) is 56.5 Å². The van der Waals surface area contributed by atoms with Crippen molar-refractivity contribution in [3.8, 4) is 11.5 Å². The van der Waals surface area contributed by atoms with Crippen LogP contribution in [0.4, 0.5) is 0 Å². The van der Waals surface area contributed by atoms with Crippen molar-refractivity contribution in [2.75, 3.05) is 33.9 Å². The molecule has 4 heteroatoms. The van der Waals surface area contributed by atoms with Gasteiger partial charge in [-0.15, -0.1) is 0 Å². The first-order valence-corrected chi connectivity index (χ1v) is 7.43. The summed E-state index contributed by atoms with van der Waals surface area (Å²) in [5, 5.41) is 0. The number of hydrogen-bond acceptors (Lipinski definition) is 4. The van der Waals surface area contributed by atoms with Gasteiger partial charge in [-0.3, -0.25) is 0 Å². The third-order valence-corrected chi connectivity index (χ3v) is 4.13. The molecular weight excluding hydrogens is 252 g/mol. The van der Waals surface area contributed by atoms with Crippen molar-refractivity contribution in [3.05, 3.63) is 23.8 Å². The van der Waals surface area contributed by atoms with Gasteiger partial charge in [-0.1, -0.05) is 6.07 Å². The summed E-state index contributed by atoms with van der Waals surface area (Å²) in [7, 11) is 3.35. The van der Waals surface area contributed by atoms with E-state index in [9.17, 15) is 0 Å². The van der Waals surface area contributed by atoms with Crippen molar-refractivity contribution in [2.24, 2.45) is 5.73 Å². The van der Waals surface area contributed by atoms with Crippen LogP contribution in [0, 0.1) is 0 Å². The summed E-state index contributed by atoms with van der Waals surface area (Å²) >= 11 is 0. The molecule has 2 rings (SSSR count). The zero-order chi connectivity index (χ0) is 14.4. The Hall–Kier alpha value is -1.26. The van der Waals surface area contributed by atoms with Crippen molar-refractivity contribution in [3.63, 3.8) is 0 Å². The summed E-state index contributed by atoms with van der Waals surface area (Å²) in [6, 6.07) is 6.86. The lowest BCUT2D eigenvalue weighted by Gasteiger charge is -2.24. The smallest absolute Gasteiger partial charge is 0.160 e. The second-order valence-corrected chi connectivity index (χ2v) is 5.35. The van der Waals surface area contributed by atoms with E-state index in [4.69, 9.17) is 15.2 Å². The van der Waals surface area contributed by atoms with Gasteiger partial charge >= 0.3 is 0 Å². The molecule has 1 atom stereocenters. The number of hydrogen-bond donors (Lipinski definition) is 1. The van der Waals surface area contributed by atoms with Gasteiger partial charge in [0, 0.05) is 12.6 Å². The highest BCUT2D eigenvalue weighted by molar-refractivity contribution is 5.42. The lowest BCUT2D eigenvalue weighted by atomic mass is 10.1. The molecule has 1 aliphatic rings. The first-order valence-electron chi connectivity index (χ1n) is 7.43. The number of benzene rings is 1. The van der Waals surface area contributed by atoms with Crippen molar-refractivity contribution >= 4 is 0 Å². The highest BCUT2D eigenvalue weighted by Crippen LogP contribution is 2.28. The Morgan fingerprint density at radius 2 is 2.05 bits per heavy atom. The van der Waals surface area contributed by atoms with Crippen LogP contribution in [0.2, 0.25) is 0 Å². The molecule has 0 unspecified atom stereocenters. The highest BCUT2D eigenvalue weighted by Gasteiger charge is 2.23. The highest BCUT2D eigenvalue weighted by atomic mass is 16.5. The van der Waals surface area contributed by atoms with Gasteiger partial charge < -0.3 is 20.1 Å². The fourth-order valence-corrected chi connectivity index (χ4v) is 3.02. The van der Waals surface area contributed by atoms with Gasteiger partial charge in [0.2, 0.25) is 0 Å². The van der Waals surface area contributed by atoms with Crippen LogP contribution in [0.3, 0.4) is 0 Å². The molecule has 0 aliphatic carbocycles. The number of nitrogens with zero attached hydrogens (tertiary/aromatic N) is 1. The Balaban J connectivity index is 1.93. The first kappa shape index (κ1) is 15.1. The van der Waals surface area contributed by atoms with Crippen molar-refractivity contribution in [1.29, 1.82) is 0 Å². The molecule has 1 fully saturated rings. The summed E-state index contributed by atoms with van der Waals surface area (Å²) in [4.78, 5) is 2.57. The molecule has 112 valence electrons.